The number of hydrogen-bond acceptors (Lipinski definition) is 8. The van der Waals surface area contributed by atoms with Gasteiger partial charge in [-0.15, -0.1) is 0 Å². The molecule has 1 aromatic heterocycles. The molecule has 0 fully saturated rings. The van der Waals surface area contributed by atoms with Crippen LogP contribution in [0.15, 0.2) is 4.52 Å². The third-order valence-electron chi connectivity index (χ3n) is 3.93. The first kappa shape index (κ1) is 21.5. The van der Waals surface area contributed by atoms with E-state index < -0.39 is 36.7 Å². The standard InChI is InChI=1S/C15H26N6O5/c1-4-7(2)12(8(3)23)19-15(25)18-10(5-11(17)24)14-20-13(21-26-14)9(16)6-22/h7,9-10,12,22H,4-6,16H2,1-3H3,(H2,17,24)(H2,18,19,25)/t7?,9-,10-,12-/m0/s1. The summed E-state index contributed by atoms with van der Waals surface area (Å²) in [6.07, 6.45) is 0.402. The normalized spacial score (nSPS) is 15.6. The summed E-state index contributed by atoms with van der Waals surface area (Å²) in [6, 6.07) is -3.20. The second kappa shape index (κ2) is 9.82. The second-order valence-electron chi connectivity index (χ2n) is 6.09. The molecule has 0 aromatic carbocycles. The number of carbonyl (C=O) groups excluding carboxylic acids is 3. The Bertz CT molecular complexity index is 634. The number of carbonyl (C=O) groups is 3. The van der Waals surface area contributed by atoms with Gasteiger partial charge < -0.3 is 31.7 Å². The molecule has 26 heavy (non-hydrogen) atoms. The number of aliphatic hydroxyl groups excluding tert-OH is 1. The lowest BCUT2D eigenvalue weighted by molar-refractivity contribution is -0.120. The highest BCUT2D eigenvalue weighted by atomic mass is 16.5. The molecule has 0 radical (unpaired) electrons. The van der Waals surface area contributed by atoms with Crippen LogP contribution in [-0.4, -0.2) is 45.6 Å². The molecule has 11 nitrogen and oxygen atoms in total. The minimum absolute atomic E-state index is 0.0281. The summed E-state index contributed by atoms with van der Waals surface area (Å²) in [5.74, 6) is -1.01. The quantitative estimate of drug-likeness (QED) is 0.357. The van der Waals surface area contributed by atoms with Crippen molar-refractivity contribution in [1.29, 1.82) is 0 Å². The van der Waals surface area contributed by atoms with Gasteiger partial charge >= 0.3 is 6.03 Å². The van der Waals surface area contributed by atoms with Gasteiger partial charge in [0.2, 0.25) is 11.8 Å². The van der Waals surface area contributed by atoms with E-state index in [9.17, 15) is 14.4 Å². The lowest BCUT2D eigenvalue weighted by Gasteiger charge is -2.23. The Morgan fingerprint density at radius 3 is 2.46 bits per heavy atom. The van der Waals surface area contributed by atoms with Crippen molar-refractivity contribution in [3.8, 4) is 0 Å². The van der Waals surface area contributed by atoms with E-state index in [1.165, 1.54) is 6.92 Å². The van der Waals surface area contributed by atoms with Gasteiger partial charge in [0.15, 0.2) is 11.6 Å². The topological polar surface area (TPSA) is 186 Å². The zero-order valence-corrected chi connectivity index (χ0v) is 15.1. The van der Waals surface area contributed by atoms with Crippen LogP contribution in [0.1, 0.15) is 57.4 Å². The Balaban J connectivity index is 2.90. The number of aliphatic hydroxyl groups is 1. The van der Waals surface area contributed by atoms with Crippen molar-refractivity contribution in [2.24, 2.45) is 17.4 Å². The fraction of sp³-hybridized carbons (Fsp3) is 0.667. The average molecular weight is 370 g/mol. The van der Waals surface area contributed by atoms with Crippen molar-refractivity contribution in [3.05, 3.63) is 11.7 Å². The number of amides is 3. The number of urea groups is 1. The van der Waals surface area contributed by atoms with Crippen molar-refractivity contribution in [1.82, 2.24) is 20.8 Å². The van der Waals surface area contributed by atoms with Crippen molar-refractivity contribution in [2.45, 2.75) is 51.7 Å². The van der Waals surface area contributed by atoms with Crippen LogP contribution >= 0.6 is 0 Å². The van der Waals surface area contributed by atoms with Gasteiger partial charge in [0.05, 0.1) is 25.1 Å². The number of primary amides is 1. The van der Waals surface area contributed by atoms with E-state index in [2.05, 4.69) is 20.8 Å². The van der Waals surface area contributed by atoms with Crippen LogP contribution in [-0.2, 0) is 9.59 Å². The number of rotatable bonds is 10. The molecule has 4 atom stereocenters. The van der Waals surface area contributed by atoms with Crippen LogP contribution in [0.4, 0.5) is 4.79 Å². The minimum atomic E-state index is -0.996. The molecule has 1 heterocycles. The van der Waals surface area contributed by atoms with E-state index in [-0.39, 0.29) is 29.8 Å². The smallest absolute Gasteiger partial charge is 0.316 e. The molecule has 1 rings (SSSR count). The molecule has 11 heteroatoms. The Morgan fingerprint density at radius 2 is 1.96 bits per heavy atom. The number of aromatic nitrogens is 2. The van der Waals surface area contributed by atoms with Crippen molar-refractivity contribution >= 4 is 17.7 Å². The highest BCUT2D eigenvalue weighted by molar-refractivity contribution is 5.87. The Kier molecular flexibility index (Phi) is 8.13. The molecular formula is C15H26N6O5. The summed E-state index contributed by atoms with van der Waals surface area (Å²) in [4.78, 5) is 39.3. The maximum absolute atomic E-state index is 12.3. The largest absolute Gasteiger partial charge is 0.394 e. The molecule has 0 saturated carbocycles. The number of nitrogens with two attached hydrogens (primary N) is 2. The average Bonchev–Trinajstić information content (AvgIpc) is 3.07. The van der Waals surface area contributed by atoms with Gasteiger partial charge in [-0.3, -0.25) is 9.59 Å². The first-order valence-corrected chi connectivity index (χ1v) is 8.25. The summed E-state index contributed by atoms with van der Waals surface area (Å²) in [5.41, 5.74) is 10.8. The summed E-state index contributed by atoms with van der Waals surface area (Å²) >= 11 is 0. The fourth-order valence-electron chi connectivity index (χ4n) is 2.24. The van der Waals surface area contributed by atoms with Crippen molar-refractivity contribution in [2.75, 3.05) is 6.61 Å². The van der Waals surface area contributed by atoms with E-state index in [1.807, 2.05) is 13.8 Å². The monoisotopic (exact) mass is 370 g/mol. The first-order chi connectivity index (χ1) is 12.2. The molecule has 0 bridgehead atoms. The Labute approximate surface area is 150 Å². The van der Waals surface area contributed by atoms with E-state index in [0.717, 1.165) is 0 Å². The summed E-state index contributed by atoms with van der Waals surface area (Å²) in [5, 5.41) is 17.7. The first-order valence-electron chi connectivity index (χ1n) is 8.25. The van der Waals surface area contributed by atoms with Crippen LogP contribution in [0.25, 0.3) is 0 Å². The fourth-order valence-corrected chi connectivity index (χ4v) is 2.24. The minimum Gasteiger partial charge on any atom is -0.394 e. The third-order valence-corrected chi connectivity index (χ3v) is 3.93. The van der Waals surface area contributed by atoms with Crippen molar-refractivity contribution < 1.29 is 24.0 Å². The summed E-state index contributed by atoms with van der Waals surface area (Å²) in [7, 11) is 0. The lowest BCUT2D eigenvalue weighted by atomic mass is 9.96. The van der Waals surface area contributed by atoms with Gasteiger partial charge in [-0.25, -0.2) is 4.79 Å². The number of ketones is 1. The van der Waals surface area contributed by atoms with Crippen LogP contribution in [0.5, 0.6) is 0 Å². The van der Waals surface area contributed by atoms with Gasteiger partial charge in [0.25, 0.3) is 0 Å². The molecule has 1 unspecified atom stereocenters. The van der Waals surface area contributed by atoms with E-state index in [0.29, 0.717) is 6.42 Å². The number of Topliss-reactive ketones (excluding diaryl/α,β-unsaturated/α-hetero) is 1. The molecule has 3 amide bonds. The zero-order chi connectivity index (χ0) is 19.9. The van der Waals surface area contributed by atoms with Gasteiger partial charge in [0, 0.05) is 0 Å². The maximum Gasteiger partial charge on any atom is 0.316 e. The molecule has 0 spiro atoms. The number of nitrogens with one attached hydrogen (secondary N) is 2. The predicted molar refractivity (Wildman–Crippen MR) is 90.5 cm³/mol. The van der Waals surface area contributed by atoms with Crippen LogP contribution < -0.4 is 22.1 Å². The molecule has 1 aromatic rings. The van der Waals surface area contributed by atoms with Crippen molar-refractivity contribution in [3.63, 3.8) is 0 Å². The van der Waals surface area contributed by atoms with E-state index in [4.69, 9.17) is 21.1 Å². The van der Waals surface area contributed by atoms with E-state index >= 15 is 0 Å². The SMILES string of the molecule is CCC(C)[C@H](NC(=O)N[C@@H](CC(N)=O)c1nc([C@@H](N)CO)no1)C(C)=O. The predicted octanol–water partition coefficient (Wildman–Crippen LogP) is -0.719. The lowest BCUT2D eigenvalue weighted by Crippen LogP contribution is -2.49. The zero-order valence-electron chi connectivity index (χ0n) is 15.1. The third kappa shape index (κ3) is 6.08. The molecular weight excluding hydrogens is 344 g/mol. The van der Waals surface area contributed by atoms with Crippen LogP contribution in [0, 0.1) is 5.92 Å². The Hall–Kier alpha value is -2.53. The molecule has 0 aliphatic rings. The van der Waals surface area contributed by atoms with Crippen LogP contribution in [0.2, 0.25) is 0 Å². The van der Waals surface area contributed by atoms with Crippen LogP contribution in [0.3, 0.4) is 0 Å². The molecule has 0 aliphatic heterocycles. The molecule has 0 aliphatic carbocycles. The van der Waals surface area contributed by atoms with Gasteiger partial charge in [-0.05, 0) is 12.8 Å². The van der Waals surface area contributed by atoms with Gasteiger partial charge in [-0.2, -0.15) is 4.98 Å². The Morgan fingerprint density at radius 1 is 1.31 bits per heavy atom. The highest BCUT2D eigenvalue weighted by Gasteiger charge is 2.27. The van der Waals surface area contributed by atoms with E-state index in [1.54, 1.807) is 0 Å². The second-order valence-corrected chi connectivity index (χ2v) is 6.09. The van der Waals surface area contributed by atoms with Gasteiger partial charge in [0.1, 0.15) is 6.04 Å². The summed E-state index contributed by atoms with van der Waals surface area (Å²) < 4.78 is 5.00. The highest BCUT2D eigenvalue weighted by Crippen LogP contribution is 2.17. The van der Waals surface area contributed by atoms with Gasteiger partial charge in [-0.1, -0.05) is 25.4 Å². The number of nitrogens with zero attached hydrogens (tertiary/aromatic N) is 2. The summed E-state index contributed by atoms with van der Waals surface area (Å²) in [6.45, 7) is 4.73. The molecule has 7 N–H and O–H groups in total. The number of hydrogen-bond donors (Lipinski definition) is 5. The molecule has 0 saturated heterocycles. The maximum atomic E-state index is 12.3. The molecule has 146 valence electrons.